The molecule has 0 aliphatic rings. The molecular formula is C48H28OS2. The summed E-state index contributed by atoms with van der Waals surface area (Å²) < 4.78 is 11.7. The lowest BCUT2D eigenvalue weighted by molar-refractivity contribution is 0.670. The predicted molar refractivity (Wildman–Crippen MR) is 221 cm³/mol. The van der Waals surface area contributed by atoms with E-state index in [1.165, 1.54) is 73.7 Å². The SMILES string of the molecule is c1cc(-c2ccc3c(c2)sc2cc(-c4cccc(-c5cccc6c5oc5ccccc56)c4)ccc23)cc(-c2ccc3sc4ccccc4c3c2)c1. The molecule has 11 aromatic rings. The van der Waals surface area contributed by atoms with Gasteiger partial charge in [0.1, 0.15) is 11.2 Å². The fraction of sp³-hybridized carbons (Fsp3) is 0. The van der Waals surface area contributed by atoms with Crippen LogP contribution >= 0.6 is 22.7 Å². The highest BCUT2D eigenvalue weighted by Crippen LogP contribution is 2.41. The van der Waals surface area contributed by atoms with Crippen molar-refractivity contribution < 1.29 is 4.42 Å². The molecule has 3 heteroatoms. The van der Waals surface area contributed by atoms with Gasteiger partial charge in [-0.05, 0) is 87.5 Å². The Labute approximate surface area is 302 Å². The molecule has 0 bridgehead atoms. The third-order valence-electron chi connectivity index (χ3n) is 10.3. The van der Waals surface area contributed by atoms with Crippen LogP contribution in [-0.4, -0.2) is 0 Å². The molecule has 0 saturated carbocycles. The standard InChI is InChI=1S/C48H28OS2/c1-3-16-43-37(12-1)41-15-7-14-36(48(41)49-43)35-11-6-10-31(25-35)34-19-22-40-39-21-18-33(27-46(39)51-47(40)28-34)30-9-5-8-29(24-30)32-20-23-45-42(26-32)38-13-2-4-17-44(38)50-45/h1-28H. The topological polar surface area (TPSA) is 13.1 Å². The molecule has 0 aliphatic carbocycles. The average Bonchev–Trinajstić information content (AvgIpc) is 3.88. The zero-order chi connectivity index (χ0) is 33.5. The van der Waals surface area contributed by atoms with Crippen LogP contribution in [0.5, 0.6) is 0 Å². The Hall–Kier alpha value is -6.00. The summed E-state index contributed by atoms with van der Waals surface area (Å²) in [5.74, 6) is 0. The lowest BCUT2D eigenvalue weighted by Crippen LogP contribution is -1.82. The van der Waals surface area contributed by atoms with Crippen molar-refractivity contribution in [1.82, 2.24) is 0 Å². The second kappa shape index (κ2) is 11.3. The lowest BCUT2D eigenvalue weighted by atomic mass is 9.96. The van der Waals surface area contributed by atoms with Gasteiger partial charge < -0.3 is 4.42 Å². The number of hydrogen-bond donors (Lipinski definition) is 0. The summed E-state index contributed by atoms with van der Waals surface area (Å²) in [6.45, 7) is 0. The molecule has 0 atom stereocenters. The summed E-state index contributed by atoms with van der Waals surface area (Å²) in [6, 6.07) is 62.0. The van der Waals surface area contributed by atoms with Crippen molar-refractivity contribution in [2.24, 2.45) is 0 Å². The minimum Gasteiger partial charge on any atom is -0.455 e. The van der Waals surface area contributed by atoms with Gasteiger partial charge >= 0.3 is 0 Å². The number of thiophene rings is 2. The fourth-order valence-electron chi connectivity index (χ4n) is 7.76. The first-order valence-electron chi connectivity index (χ1n) is 17.2. The van der Waals surface area contributed by atoms with E-state index < -0.39 is 0 Å². The zero-order valence-corrected chi connectivity index (χ0v) is 29.0. The number of hydrogen-bond acceptors (Lipinski definition) is 3. The Morgan fingerprint density at radius 1 is 0.294 bits per heavy atom. The molecule has 0 saturated heterocycles. The van der Waals surface area contributed by atoms with E-state index in [1.54, 1.807) is 0 Å². The maximum absolute atomic E-state index is 6.37. The molecule has 3 aromatic heterocycles. The monoisotopic (exact) mass is 684 g/mol. The van der Waals surface area contributed by atoms with Crippen LogP contribution in [0.25, 0.3) is 107 Å². The Kier molecular flexibility index (Phi) is 6.36. The third kappa shape index (κ3) is 4.66. The number of furan rings is 1. The Bertz CT molecular complexity index is 3150. The van der Waals surface area contributed by atoms with E-state index in [-0.39, 0.29) is 0 Å². The quantitative estimate of drug-likeness (QED) is 0.180. The summed E-state index contributed by atoms with van der Waals surface area (Å²) in [4.78, 5) is 0. The average molecular weight is 685 g/mol. The first-order chi connectivity index (χ1) is 25.2. The third-order valence-corrected chi connectivity index (χ3v) is 12.6. The molecule has 0 radical (unpaired) electrons. The molecule has 0 unspecified atom stereocenters. The van der Waals surface area contributed by atoms with E-state index >= 15 is 0 Å². The second-order valence-electron chi connectivity index (χ2n) is 13.3. The molecule has 11 rings (SSSR count). The molecule has 0 fully saturated rings. The van der Waals surface area contributed by atoms with Crippen molar-refractivity contribution in [3.8, 4) is 44.5 Å². The summed E-state index contributed by atoms with van der Waals surface area (Å²) in [7, 11) is 0. The van der Waals surface area contributed by atoms with E-state index in [4.69, 9.17) is 4.42 Å². The molecule has 238 valence electrons. The van der Waals surface area contributed by atoms with Crippen molar-refractivity contribution >= 4 is 85.0 Å². The first-order valence-corrected chi connectivity index (χ1v) is 18.9. The number of fused-ring (bicyclic) bond motifs is 9. The van der Waals surface area contributed by atoms with Crippen LogP contribution in [0.3, 0.4) is 0 Å². The van der Waals surface area contributed by atoms with Gasteiger partial charge in [-0.25, -0.2) is 0 Å². The largest absolute Gasteiger partial charge is 0.455 e. The Morgan fingerprint density at radius 2 is 0.804 bits per heavy atom. The summed E-state index contributed by atoms with van der Waals surface area (Å²) in [5, 5.41) is 7.59. The molecule has 0 amide bonds. The van der Waals surface area contributed by atoms with Crippen LogP contribution in [0.4, 0.5) is 0 Å². The van der Waals surface area contributed by atoms with Gasteiger partial charge in [0.2, 0.25) is 0 Å². The molecule has 1 nitrogen and oxygen atoms in total. The Morgan fingerprint density at radius 3 is 1.57 bits per heavy atom. The maximum Gasteiger partial charge on any atom is 0.143 e. The van der Waals surface area contributed by atoms with Crippen molar-refractivity contribution in [2.45, 2.75) is 0 Å². The van der Waals surface area contributed by atoms with E-state index in [1.807, 2.05) is 34.8 Å². The van der Waals surface area contributed by atoms with Crippen LogP contribution in [0, 0.1) is 0 Å². The van der Waals surface area contributed by atoms with Gasteiger partial charge in [-0.1, -0.05) is 121 Å². The number of rotatable bonds is 4. The normalized spacial score (nSPS) is 11.9. The van der Waals surface area contributed by atoms with Crippen LogP contribution in [-0.2, 0) is 0 Å². The van der Waals surface area contributed by atoms with E-state index in [2.05, 4.69) is 158 Å². The van der Waals surface area contributed by atoms with Gasteiger partial charge in [0.25, 0.3) is 0 Å². The summed E-state index contributed by atoms with van der Waals surface area (Å²) in [5.41, 5.74) is 11.5. The smallest absolute Gasteiger partial charge is 0.143 e. The molecule has 0 N–H and O–H groups in total. The van der Waals surface area contributed by atoms with Crippen LogP contribution in [0.15, 0.2) is 174 Å². The minimum absolute atomic E-state index is 0.923. The van der Waals surface area contributed by atoms with Crippen molar-refractivity contribution in [1.29, 1.82) is 0 Å². The van der Waals surface area contributed by atoms with Gasteiger partial charge in [0.05, 0.1) is 0 Å². The van der Waals surface area contributed by atoms with E-state index in [0.717, 1.165) is 33.1 Å². The van der Waals surface area contributed by atoms with Gasteiger partial charge in [-0.15, -0.1) is 22.7 Å². The molecule has 3 heterocycles. The second-order valence-corrected chi connectivity index (χ2v) is 15.4. The highest BCUT2D eigenvalue weighted by Gasteiger charge is 2.14. The maximum atomic E-state index is 6.37. The molecule has 8 aromatic carbocycles. The highest BCUT2D eigenvalue weighted by molar-refractivity contribution is 7.26. The van der Waals surface area contributed by atoms with Crippen molar-refractivity contribution in [3.63, 3.8) is 0 Å². The molecule has 0 aliphatic heterocycles. The highest BCUT2D eigenvalue weighted by atomic mass is 32.1. The first kappa shape index (κ1) is 28.8. The minimum atomic E-state index is 0.923. The van der Waals surface area contributed by atoms with Gasteiger partial charge in [-0.2, -0.15) is 0 Å². The van der Waals surface area contributed by atoms with Crippen molar-refractivity contribution in [2.75, 3.05) is 0 Å². The number of para-hydroxylation sites is 2. The summed E-state index contributed by atoms with van der Waals surface area (Å²) in [6.07, 6.45) is 0. The lowest BCUT2D eigenvalue weighted by Gasteiger charge is -2.08. The van der Waals surface area contributed by atoms with Crippen LogP contribution in [0.1, 0.15) is 0 Å². The van der Waals surface area contributed by atoms with Crippen LogP contribution < -0.4 is 0 Å². The fourth-order valence-corrected chi connectivity index (χ4v) is 10.0. The van der Waals surface area contributed by atoms with Crippen molar-refractivity contribution in [3.05, 3.63) is 170 Å². The Balaban J connectivity index is 0.946. The van der Waals surface area contributed by atoms with E-state index in [9.17, 15) is 0 Å². The molecular weight excluding hydrogens is 657 g/mol. The van der Waals surface area contributed by atoms with Crippen LogP contribution in [0.2, 0.25) is 0 Å². The van der Waals surface area contributed by atoms with Gasteiger partial charge in [-0.3, -0.25) is 0 Å². The van der Waals surface area contributed by atoms with Gasteiger partial charge in [0.15, 0.2) is 0 Å². The summed E-state index contributed by atoms with van der Waals surface area (Å²) >= 11 is 3.74. The van der Waals surface area contributed by atoms with Gasteiger partial charge in [0, 0.05) is 56.7 Å². The predicted octanol–water partition coefficient (Wildman–Crippen LogP) is 15.0. The molecule has 0 spiro atoms. The zero-order valence-electron chi connectivity index (χ0n) is 27.4. The number of benzene rings is 8. The molecule has 51 heavy (non-hydrogen) atoms. The van der Waals surface area contributed by atoms with E-state index in [0.29, 0.717) is 0 Å².